The quantitative estimate of drug-likeness (QED) is 0.866. The van der Waals surface area contributed by atoms with E-state index < -0.39 is 0 Å². The Labute approximate surface area is 138 Å². The second kappa shape index (κ2) is 7.27. The van der Waals surface area contributed by atoms with Crippen LogP contribution in [0.1, 0.15) is 11.8 Å². The standard InChI is InChI=1S/C15H16Cl2N2OS/c1-10(19(2)9-12-4-3-7-21-12)15(20)18-14-6-5-11(16)8-13(14)17/h3-8,10H,9H2,1-2H3,(H,18,20)/t10-/m0/s1. The molecule has 3 nitrogen and oxygen atoms in total. The normalized spacial score (nSPS) is 12.4. The van der Waals surface area contributed by atoms with Crippen LogP contribution >= 0.6 is 34.5 Å². The number of benzene rings is 1. The van der Waals surface area contributed by atoms with E-state index in [2.05, 4.69) is 11.4 Å². The average molecular weight is 343 g/mol. The van der Waals surface area contributed by atoms with E-state index in [0.29, 0.717) is 15.7 Å². The van der Waals surface area contributed by atoms with Gasteiger partial charge in [-0.05, 0) is 43.6 Å². The molecule has 1 heterocycles. The molecule has 1 amide bonds. The number of amides is 1. The molecule has 0 saturated heterocycles. The van der Waals surface area contributed by atoms with Crippen molar-refractivity contribution in [3.05, 3.63) is 50.6 Å². The summed E-state index contributed by atoms with van der Waals surface area (Å²) in [6.45, 7) is 2.60. The minimum Gasteiger partial charge on any atom is -0.323 e. The van der Waals surface area contributed by atoms with E-state index in [1.165, 1.54) is 4.88 Å². The van der Waals surface area contributed by atoms with Crippen LogP contribution in [0.15, 0.2) is 35.7 Å². The highest BCUT2D eigenvalue weighted by Crippen LogP contribution is 2.25. The maximum absolute atomic E-state index is 12.3. The highest BCUT2D eigenvalue weighted by Gasteiger charge is 2.19. The van der Waals surface area contributed by atoms with Crippen molar-refractivity contribution in [3.63, 3.8) is 0 Å². The van der Waals surface area contributed by atoms with E-state index >= 15 is 0 Å². The molecule has 112 valence electrons. The highest BCUT2D eigenvalue weighted by molar-refractivity contribution is 7.09. The minimum absolute atomic E-state index is 0.0988. The first-order chi connectivity index (χ1) is 9.97. The molecule has 2 aromatic rings. The number of rotatable bonds is 5. The Morgan fingerprint density at radius 1 is 1.38 bits per heavy atom. The first-order valence-corrected chi connectivity index (χ1v) is 8.09. The molecular weight excluding hydrogens is 327 g/mol. The van der Waals surface area contributed by atoms with Gasteiger partial charge in [0.25, 0.3) is 0 Å². The van der Waals surface area contributed by atoms with Crippen LogP contribution in [0.4, 0.5) is 5.69 Å². The molecular formula is C15H16Cl2N2OS. The predicted molar refractivity (Wildman–Crippen MR) is 90.3 cm³/mol. The van der Waals surface area contributed by atoms with Gasteiger partial charge in [-0.1, -0.05) is 29.3 Å². The van der Waals surface area contributed by atoms with E-state index in [1.54, 1.807) is 29.5 Å². The van der Waals surface area contributed by atoms with E-state index in [0.717, 1.165) is 6.54 Å². The first-order valence-electron chi connectivity index (χ1n) is 6.46. The fourth-order valence-electron chi connectivity index (χ4n) is 1.81. The second-order valence-corrected chi connectivity index (χ2v) is 6.66. The molecule has 0 aliphatic rings. The van der Waals surface area contributed by atoms with Crippen LogP contribution in [0, 0.1) is 0 Å². The summed E-state index contributed by atoms with van der Waals surface area (Å²) in [5.41, 5.74) is 0.572. The molecule has 1 aromatic carbocycles. The Balaban J connectivity index is 1.98. The van der Waals surface area contributed by atoms with Crippen molar-refractivity contribution in [3.8, 4) is 0 Å². The van der Waals surface area contributed by atoms with Gasteiger partial charge in [0.05, 0.1) is 16.8 Å². The summed E-state index contributed by atoms with van der Waals surface area (Å²) in [5.74, 6) is -0.0988. The zero-order valence-electron chi connectivity index (χ0n) is 11.8. The molecule has 2 rings (SSSR count). The lowest BCUT2D eigenvalue weighted by molar-refractivity contribution is -0.120. The summed E-state index contributed by atoms with van der Waals surface area (Å²) in [4.78, 5) is 15.5. The lowest BCUT2D eigenvalue weighted by Gasteiger charge is -2.23. The number of likely N-dealkylation sites (N-methyl/N-ethyl adjacent to an activating group) is 1. The Hall–Kier alpha value is -1.07. The Morgan fingerprint density at radius 2 is 2.14 bits per heavy atom. The van der Waals surface area contributed by atoms with Crippen LogP contribution in [0.25, 0.3) is 0 Å². The molecule has 0 unspecified atom stereocenters. The molecule has 0 aliphatic carbocycles. The van der Waals surface area contributed by atoms with Crippen molar-refractivity contribution in [2.75, 3.05) is 12.4 Å². The van der Waals surface area contributed by atoms with Crippen molar-refractivity contribution < 1.29 is 4.79 Å². The number of nitrogens with zero attached hydrogens (tertiary/aromatic N) is 1. The van der Waals surface area contributed by atoms with Gasteiger partial charge in [-0.3, -0.25) is 9.69 Å². The third-order valence-corrected chi connectivity index (χ3v) is 4.62. The van der Waals surface area contributed by atoms with Crippen LogP contribution in [0.5, 0.6) is 0 Å². The molecule has 1 atom stereocenters. The van der Waals surface area contributed by atoms with Gasteiger partial charge in [-0.15, -0.1) is 11.3 Å². The molecule has 0 bridgehead atoms. The number of carbonyl (C=O) groups excluding carboxylic acids is 1. The van der Waals surface area contributed by atoms with Gasteiger partial charge in [0.15, 0.2) is 0 Å². The molecule has 0 radical (unpaired) electrons. The van der Waals surface area contributed by atoms with Gasteiger partial charge in [0, 0.05) is 16.4 Å². The van der Waals surface area contributed by atoms with Gasteiger partial charge in [0.1, 0.15) is 0 Å². The first kappa shape index (κ1) is 16.3. The molecule has 0 aliphatic heterocycles. The van der Waals surface area contributed by atoms with E-state index in [-0.39, 0.29) is 11.9 Å². The maximum Gasteiger partial charge on any atom is 0.241 e. The summed E-state index contributed by atoms with van der Waals surface area (Å²) in [6, 6.07) is 8.81. The summed E-state index contributed by atoms with van der Waals surface area (Å²) < 4.78 is 0. The molecule has 6 heteroatoms. The number of hydrogen-bond donors (Lipinski definition) is 1. The largest absolute Gasteiger partial charge is 0.323 e. The molecule has 0 spiro atoms. The van der Waals surface area contributed by atoms with Crippen LogP contribution in [0.2, 0.25) is 10.0 Å². The van der Waals surface area contributed by atoms with Crippen molar-refractivity contribution >= 4 is 46.1 Å². The topological polar surface area (TPSA) is 32.3 Å². The van der Waals surface area contributed by atoms with Crippen molar-refractivity contribution in [1.29, 1.82) is 0 Å². The van der Waals surface area contributed by atoms with Crippen molar-refractivity contribution in [2.45, 2.75) is 19.5 Å². The number of thiophene rings is 1. The summed E-state index contributed by atoms with van der Waals surface area (Å²) >= 11 is 13.6. The SMILES string of the molecule is C[C@@H](C(=O)Nc1ccc(Cl)cc1Cl)N(C)Cc1cccs1. The van der Waals surface area contributed by atoms with Gasteiger partial charge in [-0.2, -0.15) is 0 Å². The number of anilines is 1. The summed E-state index contributed by atoms with van der Waals surface area (Å²) in [5, 5.41) is 5.84. The van der Waals surface area contributed by atoms with Gasteiger partial charge in [-0.25, -0.2) is 0 Å². The molecule has 1 aromatic heterocycles. The third kappa shape index (κ3) is 4.45. The summed E-state index contributed by atoms with van der Waals surface area (Å²) in [6.07, 6.45) is 0. The lowest BCUT2D eigenvalue weighted by Crippen LogP contribution is -2.39. The van der Waals surface area contributed by atoms with Crippen molar-refractivity contribution in [2.24, 2.45) is 0 Å². The van der Waals surface area contributed by atoms with E-state index in [4.69, 9.17) is 23.2 Å². The average Bonchev–Trinajstić information content (AvgIpc) is 2.93. The van der Waals surface area contributed by atoms with Crippen LogP contribution in [-0.2, 0) is 11.3 Å². The van der Waals surface area contributed by atoms with Gasteiger partial charge < -0.3 is 5.32 Å². The zero-order chi connectivity index (χ0) is 15.4. The molecule has 0 fully saturated rings. The van der Waals surface area contributed by atoms with Crippen LogP contribution < -0.4 is 5.32 Å². The fourth-order valence-corrected chi connectivity index (χ4v) is 3.04. The summed E-state index contributed by atoms with van der Waals surface area (Å²) in [7, 11) is 1.92. The Kier molecular flexibility index (Phi) is 5.65. The van der Waals surface area contributed by atoms with E-state index in [1.807, 2.05) is 30.3 Å². The maximum atomic E-state index is 12.3. The van der Waals surface area contributed by atoms with Gasteiger partial charge >= 0.3 is 0 Å². The lowest BCUT2D eigenvalue weighted by atomic mass is 10.2. The number of carbonyl (C=O) groups is 1. The second-order valence-electron chi connectivity index (χ2n) is 4.78. The Morgan fingerprint density at radius 3 is 2.76 bits per heavy atom. The van der Waals surface area contributed by atoms with Gasteiger partial charge in [0.2, 0.25) is 5.91 Å². The van der Waals surface area contributed by atoms with Crippen LogP contribution in [0.3, 0.4) is 0 Å². The molecule has 1 N–H and O–H groups in total. The minimum atomic E-state index is -0.265. The molecule has 0 saturated carbocycles. The zero-order valence-corrected chi connectivity index (χ0v) is 14.1. The van der Waals surface area contributed by atoms with E-state index in [9.17, 15) is 4.79 Å². The fraction of sp³-hybridized carbons (Fsp3) is 0.267. The van der Waals surface area contributed by atoms with Crippen LogP contribution in [-0.4, -0.2) is 23.9 Å². The smallest absolute Gasteiger partial charge is 0.241 e. The number of hydrogen-bond acceptors (Lipinski definition) is 3. The number of halogens is 2. The highest BCUT2D eigenvalue weighted by atomic mass is 35.5. The molecule has 21 heavy (non-hydrogen) atoms. The monoisotopic (exact) mass is 342 g/mol. The predicted octanol–water partition coefficient (Wildman–Crippen LogP) is 4.51. The Bertz CT molecular complexity index is 616. The third-order valence-electron chi connectivity index (χ3n) is 3.21. The number of nitrogens with one attached hydrogen (secondary N) is 1. The van der Waals surface area contributed by atoms with Crippen molar-refractivity contribution in [1.82, 2.24) is 4.90 Å².